The summed E-state index contributed by atoms with van der Waals surface area (Å²) in [6, 6.07) is 14.6. The van der Waals surface area contributed by atoms with Gasteiger partial charge in [0.15, 0.2) is 0 Å². The summed E-state index contributed by atoms with van der Waals surface area (Å²) in [6.45, 7) is 0. The van der Waals surface area contributed by atoms with Crippen LogP contribution in [0.3, 0.4) is 0 Å². The molecule has 0 aliphatic heterocycles. The number of aromatic hydroxyl groups is 1. The Morgan fingerprint density at radius 1 is 1.05 bits per heavy atom. The molecule has 1 N–H and O–H groups in total. The van der Waals surface area contributed by atoms with Crippen LogP contribution in [-0.4, -0.2) is 10.1 Å². The minimum Gasteiger partial charge on any atom is -0.508 e. The van der Waals surface area contributed by atoms with E-state index in [-0.39, 0.29) is 5.75 Å². The van der Waals surface area contributed by atoms with Crippen molar-refractivity contribution in [1.82, 2.24) is 4.98 Å². The number of halogens is 1. The van der Waals surface area contributed by atoms with Crippen molar-refractivity contribution in [2.45, 2.75) is 0 Å². The summed E-state index contributed by atoms with van der Waals surface area (Å²) in [7, 11) is 0. The number of phenols is 1. The molecule has 2 aromatic carbocycles. The van der Waals surface area contributed by atoms with Crippen LogP contribution in [0.2, 0.25) is 0 Å². The van der Waals surface area contributed by atoms with Crippen molar-refractivity contribution in [2.24, 2.45) is 0 Å². The molecule has 19 heavy (non-hydrogen) atoms. The van der Waals surface area contributed by atoms with Crippen molar-refractivity contribution in [3.05, 3.63) is 59.2 Å². The number of aromatic nitrogens is 1. The molecule has 0 aliphatic rings. The SMILES string of the molecule is Oc1ccc2ccnc(Oc3ccccc3Br)c2c1. The van der Waals surface area contributed by atoms with Crippen molar-refractivity contribution in [3.63, 3.8) is 0 Å². The topological polar surface area (TPSA) is 42.4 Å². The van der Waals surface area contributed by atoms with Crippen molar-refractivity contribution >= 4 is 26.7 Å². The first kappa shape index (κ1) is 12.0. The van der Waals surface area contributed by atoms with E-state index < -0.39 is 0 Å². The Hall–Kier alpha value is -2.07. The number of para-hydroxylation sites is 1. The summed E-state index contributed by atoms with van der Waals surface area (Å²) in [5, 5.41) is 11.3. The van der Waals surface area contributed by atoms with Gasteiger partial charge in [-0.05, 0) is 51.6 Å². The maximum Gasteiger partial charge on any atom is 0.227 e. The van der Waals surface area contributed by atoms with Gasteiger partial charge < -0.3 is 9.84 Å². The molecule has 0 spiro atoms. The Morgan fingerprint density at radius 2 is 1.89 bits per heavy atom. The van der Waals surface area contributed by atoms with Crippen LogP contribution in [0.1, 0.15) is 0 Å². The van der Waals surface area contributed by atoms with E-state index >= 15 is 0 Å². The number of rotatable bonds is 2. The van der Waals surface area contributed by atoms with E-state index in [1.165, 1.54) is 0 Å². The standard InChI is InChI=1S/C15H10BrNO2/c16-13-3-1-2-4-14(13)19-15-12-9-11(18)6-5-10(12)7-8-17-15/h1-9,18H. The van der Waals surface area contributed by atoms with Gasteiger partial charge in [0, 0.05) is 11.6 Å². The molecule has 0 bridgehead atoms. The monoisotopic (exact) mass is 315 g/mol. The van der Waals surface area contributed by atoms with Gasteiger partial charge in [0.05, 0.1) is 4.47 Å². The molecule has 1 heterocycles. The third-order valence-electron chi connectivity index (χ3n) is 2.76. The van der Waals surface area contributed by atoms with Crippen LogP contribution < -0.4 is 4.74 Å². The molecule has 0 atom stereocenters. The first-order valence-corrected chi connectivity index (χ1v) is 6.53. The van der Waals surface area contributed by atoms with Crippen LogP contribution in [0.5, 0.6) is 17.4 Å². The van der Waals surface area contributed by atoms with Crippen molar-refractivity contribution in [3.8, 4) is 17.4 Å². The number of nitrogens with zero attached hydrogens (tertiary/aromatic N) is 1. The second-order valence-corrected chi connectivity index (χ2v) is 4.91. The average Bonchev–Trinajstić information content (AvgIpc) is 2.42. The van der Waals surface area contributed by atoms with Gasteiger partial charge in [0.1, 0.15) is 11.5 Å². The van der Waals surface area contributed by atoms with Crippen molar-refractivity contribution < 1.29 is 9.84 Å². The van der Waals surface area contributed by atoms with Crippen LogP contribution >= 0.6 is 15.9 Å². The molecule has 0 fully saturated rings. The van der Waals surface area contributed by atoms with Crippen LogP contribution in [0.4, 0.5) is 0 Å². The van der Waals surface area contributed by atoms with E-state index in [1.807, 2.05) is 36.4 Å². The third-order valence-corrected chi connectivity index (χ3v) is 3.41. The van der Waals surface area contributed by atoms with Gasteiger partial charge in [0.2, 0.25) is 5.88 Å². The summed E-state index contributed by atoms with van der Waals surface area (Å²) in [4.78, 5) is 4.23. The molecule has 0 radical (unpaired) electrons. The molecular weight excluding hydrogens is 306 g/mol. The predicted molar refractivity (Wildman–Crippen MR) is 77.6 cm³/mol. The first-order chi connectivity index (χ1) is 9.24. The highest BCUT2D eigenvalue weighted by Crippen LogP contribution is 2.33. The molecule has 0 saturated heterocycles. The largest absolute Gasteiger partial charge is 0.508 e. The maximum atomic E-state index is 9.58. The summed E-state index contributed by atoms with van der Waals surface area (Å²) >= 11 is 3.43. The minimum absolute atomic E-state index is 0.192. The van der Waals surface area contributed by atoms with E-state index in [4.69, 9.17) is 4.74 Å². The van der Waals surface area contributed by atoms with Gasteiger partial charge in [-0.15, -0.1) is 0 Å². The minimum atomic E-state index is 0.192. The fourth-order valence-electron chi connectivity index (χ4n) is 1.84. The van der Waals surface area contributed by atoms with Crippen LogP contribution in [0.25, 0.3) is 10.8 Å². The Kier molecular flexibility index (Phi) is 3.09. The molecule has 4 heteroatoms. The van der Waals surface area contributed by atoms with Crippen LogP contribution in [0, 0.1) is 0 Å². The number of hydrogen-bond acceptors (Lipinski definition) is 3. The molecule has 1 aromatic heterocycles. The second-order valence-electron chi connectivity index (χ2n) is 4.05. The quantitative estimate of drug-likeness (QED) is 0.757. The summed E-state index contributed by atoms with van der Waals surface area (Å²) in [5.41, 5.74) is 0. The highest BCUT2D eigenvalue weighted by molar-refractivity contribution is 9.10. The Labute approximate surface area is 118 Å². The van der Waals surface area contributed by atoms with Gasteiger partial charge in [0.25, 0.3) is 0 Å². The van der Waals surface area contributed by atoms with Gasteiger partial charge in [-0.25, -0.2) is 4.98 Å². The first-order valence-electron chi connectivity index (χ1n) is 5.74. The summed E-state index contributed by atoms with van der Waals surface area (Å²) in [5.74, 6) is 1.35. The predicted octanol–water partition coefficient (Wildman–Crippen LogP) is 4.50. The lowest BCUT2D eigenvalue weighted by Crippen LogP contribution is -1.90. The summed E-state index contributed by atoms with van der Waals surface area (Å²) in [6.07, 6.45) is 1.69. The highest BCUT2D eigenvalue weighted by Gasteiger charge is 2.07. The van der Waals surface area contributed by atoms with Gasteiger partial charge >= 0.3 is 0 Å². The number of ether oxygens (including phenoxy) is 1. The number of fused-ring (bicyclic) bond motifs is 1. The fraction of sp³-hybridized carbons (Fsp3) is 0. The van der Waals surface area contributed by atoms with E-state index in [9.17, 15) is 5.11 Å². The second kappa shape index (κ2) is 4.90. The number of benzene rings is 2. The third kappa shape index (κ3) is 2.39. The van der Waals surface area contributed by atoms with E-state index in [0.717, 1.165) is 15.2 Å². The Morgan fingerprint density at radius 3 is 2.74 bits per heavy atom. The molecule has 0 aliphatic carbocycles. The Balaban J connectivity index is 2.10. The zero-order valence-corrected chi connectivity index (χ0v) is 11.5. The fourth-order valence-corrected chi connectivity index (χ4v) is 2.21. The molecule has 3 nitrogen and oxygen atoms in total. The molecule has 94 valence electrons. The molecule has 0 saturated carbocycles. The Bertz CT molecular complexity index is 743. The summed E-state index contributed by atoms with van der Waals surface area (Å²) < 4.78 is 6.66. The zero-order valence-electron chi connectivity index (χ0n) is 9.88. The lowest BCUT2D eigenvalue weighted by atomic mass is 10.1. The van der Waals surface area contributed by atoms with Gasteiger partial charge in [-0.3, -0.25) is 0 Å². The number of phenolic OH excluding ortho intramolecular Hbond substituents is 1. The molecule has 0 unspecified atom stereocenters. The lowest BCUT2D eigenvalue weighted by Gasteiger charge is -2.09. The molecule has 3 aromatic rings. The highest BCUT2D eigenvalue weighted by atomic mass is 79.9. The van der Waals surface area contributed by atoms with Crippen LogP contribution in [0.15, 0.2) is 59.2 Å². The van der Waals surface area contributed by atoms with Gasteiger partial charge in [-0.2, -0.15) is 0 Å². The average molecular weight is 316 g/mol. The number of hydrogen-bond donors (Lipinski definition) is 1. The molecule has 0 amide bonds. The van der Waals surface area contributed by atoms with Crippen molar-refractivity contribution in [1.29, 1.82) is 0 Å². The van der Waals surface area contributed by atoms with E-state index in [1.54, 1.807) is 18.3 Å². The molecule has 3 rings (SSSR count). The van der Waals surface area contributed by atoms with E-state index in [0.29, 0.717) is 11.6 Å². The van der Waals surface area contributed by atoms with Crippen molar-refractivity contribution in [2.75, 3.05) is 0 Å². The van der Waals surface area contributed by atoms with E-state index in [2.05, 4.69) is 20.9 Å². The number of pyridine rings is 1. The smallest absolute Gasteiger partial charge is 0.227 e. The van der Waals surface area contributed by atoms with Crippen LogP contribution in [-0.2, 0) is 0 Å². The maximum absolute atomic E-state index is 9.58. The zero-order chi connectivity index (χ0) is 13.2. The normalized spacial score (nSPS) is 10.6. The van der Waals surface area contributed by atoms with Gasteiger partial charge in [-0.1, -0.05) is 18.2 Å². The molecular formula is C15H10BrNO2. The lowest BCUT2D eigenvalue weighted by molar-refractivity contribution is 0.463.